The molecule has 0 bridgehead atoms. The van der Waals surface area contributed by atoms with Crippen LogP contribution in [-0.4, -0.2) is 20.4 Å². The SMILES string of the molecule is CCCCC(C)NC(=O)c1cc(C)c(Cl)c(S(N)(=O)=O)c1. The van der Waals surface area contributed by atoms with Gasteiger partial charge in [0.15, 0.2) is 0 Å². The van der Waals surface area contributed by atoms with E-state index in [1.807, 2.05) is 6.92 Å². The number of nitrogens with two attached hydrogens (primary N) is 1. The van der Waals surface area contributed by atoms with Crippen molar-refractivity contribution in [1.82, 2.24) is 5.32 Å². The first kappa shape index (κ1) is 17.9. The number of aryl methyl sites for hydroxylation is 1. The first-order chi connectivity index (χ1) is 9.66. The number of sulfonamides is 1. The molecule has 0 aliphatic rings. The number of benzene rings is 1. The van der Waals surface area contributed by atoms with Gasteiger partial charge in [0.05, 0.1) is 5.02 Å². The lowest BCUT2D eigenvalue weighted by atomic mass is 10.1. The van der Waals surface area contributed by atoms with Gasteiger partial charge in [-0.15, -0.1) is 0 Å². The zero-order valence-corrected chi connectivity index (χ0v) is 14.0. The van der Waals surface area contributed by atoms with Gasteiger partial charge in [-0.05, 0) is 38.0 Å². The summed E-state index contributed by atoms with van der Waals surface area (Å²) in [6.07, 6.45) is 2.94. The van der Waals surface area contributed by atoms with E-state index in [4.69, 9.17) is 16.7 Å². The van der Waals surface area contributed by atoms with Gasteiger partial charge in [0.2, 0.25) is 10.0 Å². The molecule has 7 heteroatoms. The predicted molar refractivity (Wildman–Crippen MR) is 84.0 cm³/mol. The molecule has 0 heterocycles. The number of hydrogen-bond donors (Lipinski definition) is 2. The number of unbranched alkanes of at least 4 members (excludes halogenated alkanes) is 1. The maximum Gasteiger partial charge on any atom is 0.251 e. The Morgan fingerprint density at radius 2 is 2.05 bits per heavy atom. The zero-order chi connectivity index (χ0) is 16.2. The van der Waals surface area contributed by atoms with Gasteiger partial charge in [0, 0.05) is 11.6 Å². The molecule has 1 atom stereocenters. The van der Waals surface area contributed by atoms with Gasteiger partial charge in [0.25, 0.3) is 5.91 Å². The third-order valence-electron chi connectivity index (χ3n) is 3.16. The molecule has 0 radical (unpaired) electrons. The Bertz CT molecular complexity index is 629. The van der Waals surface area contributed by atoms with Crippen LogP contribution in [0, 0.1) is 6.92 Å². The van der Waals surface area contributed by atoms with Gasteiger partial charge >= 0.3 is 0 Å². The number of hydrogen-bond acceptors (Lipinski definition) is 3. The second kappa shape index (κ2) is 7.24. The Hall–Kier alpha value is -1.11. The maximum atomic E-state index is 12.2. The summed E-state index contributed by atoms with van der Waals surface area (Å²) in [5.74, 6) is -0.330. The van der Waals surface area contributed by atoms with Crippen LogP contribution in [0.1, 0.15) is 49.0 Å². The van der Waals surface area contributed by atoms with Gasteiger partial charge in [-0.3, -0.25) is 4.79 Å². The van der Waals surface area contributed by atoms with Crippen LogP contribution in [0.5, 0.6) is 0 Å². The highest BCUT2D eigenvalue weighted by Crippen LogP contribution is 2.26. The normalized spacial score (nSPS) is 13.0. The molecule has 0 saturated carbocycles. The highest BCUT2D eigenvalue weighted by molar-refractivity contribution is 7.89. The molecule has 0 aliphatic heterocycles. The maximum absolute atomic E-state index is 12.2. The van der Waals surface area contributed by atoms with Crippen molar-refractivity contribution in [3.63, 3.8) is 0 Å². The van der Waals surface area contributed by atoms with Crippen LogP contribution in [0.15, 0.2) is 17.0 Å². The van der Waals surface area contributed by atoms with Crippen molar-refractivity contribution in [1.29, 1.82) is 0 Å². The summed E-state index contributed by atoms with van der Waals surface area (Å²) in [5, 5.41) is 8.01. The Kier molecular flexibility index (Phi) is 6.19. The molecule has 1 rings (SSSR count). The minimum Gasteiger partial charge on any atom is -0.350 e. The van der Waals surface area contributed by atoms with Crippen molar-refractivity contribution in [2.45, 2.75) is 51.0 Å². The number of halogens is 1. The van der Waals surface area contributed by atoms with E-state index in [9.17, 15) is 13.2 Å². The minimum atomic E-state index is -3.97. The molecule has 0 aliphatic carbocycles. The monoisotopic (exact) mass is 332 g/mol. The quantitative estimate of drug-likeness (QED) is 0.839. The van der Waals surface area contributed by atoms with E-state index in [-0.39, 0.29) is 27.4 Å². The van der Waals surface area contributed by atoms with Crippen LogP contribution in [0.4, 0.5) is 0 Å². The predicted octanol–water partition coefficient (Wildman–Crippen LogP) is 2.60. The fourth-order valence-electron chi connectivity index (χ4n) is 1.96. The lowest BCUT2D eigenvalue weighted by molar-refractivity contribution is 0.0937. The number of primary sulfonamides is 1. The van der Waals surface area contributed by atoms with Crippen molar-refractivity contribution in [2.75, 3.05) is 0 Å². The molecule has 1 aromatic rings. The van der Waals surface area contributed by atoms with Crippen LogP contribution in [-0.2, 0) is 10.0 Å². The number of amides is 1. The molecule has 0 fully saturated rings. The average molecular weight is 333 g/mol. The van der Waals surface area contributed by atoms with Crippen molar-refractivity contribution in [2.24, 2.45) is 5.14 Å². The van der Waals surface area contributed by atoms with Crippen LogP contribution in [0.2, 0.25) is 5.02 Å². The molecule has 21 heavy (non-hydrogen) atoms. The molecule has 5 nitrogen and oxygen atoms in total. The Morgan fingerprint density at radius 3 is 2.57 bits per heavy atom. The fraction of sp³-hybridized carbons (Fsp3) is 0.500. The van der Waals surface area contributed by atoms with Crippen molar-refractivity contribution >= 4 is 27.5 Å². The molecule has 1 aromatic carbocycles. The molecule has 0 saturated heterocycles. The smallest absolute Gasteiger partial charge is 0.251 e. The molecule has 1 unspecified atom stereocenters. The number of rotatable bonds is 6. The highest BCUT2D eigenvalue weighted by Gasteiger charge is 2.19. The first-order valence-electron chi connectivity index (χ1n) is 6.80. The second-order valence-electron chi connectivity index (χ2n) is 5.17. The van der Waals surface area contributed by atoms with E-state index >= 15 is 0 Å². The van der Waals surface area contributed by atoms with Gasteiger partial charge < -0.3 is 5.32 Å². The molecule has 3 N–H and O–H groups in total. The summed E-state index contributed by atoms with van der Waals surface area (Å²) < 4.78 is 23.0. The third-order valence-corrected chi connectivity index (χ3v) is 4.71. The third kappa shape index (κ3) is 4.98. The first-order valence-corrected chi connectivity index (χ1v) is 8.73. The summed E-state index contributed by atoms with van der Waals surface area (Å²) in [6.45, 7) is 5.63. The summed E-state index contributed by atoms with van der Waals surface area (Å²) in [4.78, 5) is 11.9. The standard InChI is InChI=1S/C14H21ClN2O3S/c1-4-5-6-10(3)17-14(18)11-7-9(2)13(15)12(8-11)21(16,19)20/h7-8,10H,4-6H2,1-3H3,(H,17,18)(H2,16,19,20). The van der Waals surface area contributed by atoms with Gasteiger partial charge in [-0.2, -0.15) is 0 Å². The molecule has 0 aromatic heterocycles. The fourth-order valence-corrected chi connectivity index (χ4v) is 3.10. The largest absolute Gasteiger partial charge is 0.350 e. The molecule has 118 valence electrons. The van der Waals surface area contributed by atoms with Crippen LogP contribution in [0.3, 0.4) is 0 Å². The lowest BCUT2D eigenvalue weighted by Crippen LogP contribution is -2.32. The van der Waals surface area contributed by atoms with Gasteiger partial charge in [-0.1, -0.05) is 31.4 Å². The summed E-state index contributed by atoms with van der Waals surface area (Å²) in [7, 11) is -3.97. The van der Waals surface area contributed by atoms with E-state index in [0.717, 1.165) is 19.3 Å². The van der Waals surface area contributed by atoms with E-state index in [1.165, 1.54) is 6.07 Å². The van der Waals surface area contributed by atoms with Crippen molar-refractivity contribution in [3.05, 3.63) is 28.3 Å². The Balaban J connectivity index is 3.04. The van der Waals surface area contributed by atoms with E-state index in [2.05, 4.69) is 12.2 Å². The lowest BCUT2D eigenvalue weighted by Gasteiger charge is -2.15. The Morgan fingerprint density at radius 1 is 1.43 bits per heavy atom. The van der Waals surface area contributed by atoms with Gasteiger partial charge in [-0.25, -0.2) is 13.6 Å². The molecular weight excluding hydrogens is 312 g/mol. The summed E-state index contributed by atoms with van der Waals surface area (Å²) >= 11 is 5.94. The average Bonchev–Trinajstić information content (AvgIpc) is 2.37. The van der Waals surface area contributed by atoms with E-state index < -0.39 is 10.0 Å². The van der Waals surface area contributed by atoms with Crippen LogP contribution in [0.25, 0.3) is 0 Å². The second-order valence-corrected chi connectivity index (χ2v) is 7.07. The number of carbonyl (C=O) groups is 1. The summed E-state index contributed by atoms with van der Waals surface area (Å²) in [6, 6.07) is 2.79. The zero-order valence-electron chi connectivity index (χ0n) is 12.4. The number of nitrogens with one attached hydrogen (secondary N) is 1. The number of carbonyl (C=O) groups excluding carboxylic acids is 1. The van der Waals surface area contributed by atoms with Crippen molar-refractivity contribution in [3.8, 4) is 0 Å². The molecule has 0 spiro atoms. The van der Waals surface area contributed by atoms with E-state index in [0.29, 0.717) is 5.56 Å². The summed E-state index contributed by atoms with van der Waals surface area (Å²) in [5.41, 5.74) is 0.735. The molecular formula is C14H21ClN2O3S. The minimum absolute atomic E-state index is 0.0198. The molecule has 1 amide bonds. The highest BCUT2D eigenvalue weighted by atomic mass is 35.5. The van der Waals surface area contributed by atoms with E-state index in [1.54, 1.807) is 13.0 Å². The topological polar surface area (TPSA) is 89.3 Å². The van der Waals surface area contributed by atoms with Crippen molar-refractivity contribution < 1.29 is 13.2 Å². The van der Waals surface area contributed by atoms with Gasteiger partial charge in [0.1, 0.15) is 4.90 Å². The van der Waals surface area contributed by atoms with Crippen LogP contribution >= 0.6 is 11.6 Å². The Labute approximate surface area is 130 Å². The van der Waals surface area contributed by atoms with Crippen LogP contribution < -0.4 is 10.5 Å².